The lowest BCUT2D eigenvalue weighted by Gasteiger charge is -2.34. The number of nitrogens with zero attached hydrogens (tertiary/aromatic N) is 2. The third kappa shape index (κ3) is 3.54. The lowest BCUT2D eigenvalue weighted by Crippen LogP contribution is -2.44. The van der Waals surface area contributed by atoms with Gasteiger partial charge in [-0.2, -0.15) is 4.98 Å². The maximum absolute atomic E-state index is 12.0. The van der Waals surface area contributed by atoms with Crippen molar-refractivity contribution in [2.24, 2.45) is 5.73 Å². The fourth-order valence-corrected chi connectivity index (χ4v) is 2.46. The minimum Gasteiger partial charge on any atom is -0.352 e. The molecule has 1 saturated carbocycles. The summed E-state index contributed by atoms with van der Waals surface area (Å²) in [6, 6.07) is 7.17. The molecule has 3 N–H and O–H groups in total. The van der Waals surface area contributed by atoms with Crippen molar-refractivity contribution in [2.45, 2.75) is 38.1 Å². The van der Waals surface area contributed by atoms with Gasteiger partial charge >= 0.3 is 0 Å². The topological polar surface area (TPSA) is 94.0 Å². The average molecular weight is 337 g/mol. The summed E-state index contributed by atoms with van der Waals surface area (Å²) in [6.45, 7) is 2.67. The van der Waals surface area contributed by atoms with Crippen LogP contribution in [0.2, 0.25) is 0 Å². The minimum absolute atomic E-state index is 0. The number of nitrogens with one attached hydrogen (secondary N) is 1. The summed E-state index contributed by atoms with van der Waals surface area (Å²) in [6.07, 6.45) is 3.75. The Labute approximate surface area is 141 Å². The molecule has 7 heteroatoms. The van der Waals surface area contributed by atoms with Crippen LogP contribution in [0.3, 0.4) is 0 Å². The number of hydrogen-bond donors (Lipinski definition) is 2. The second-order valence-corrected chi connectivity index (χ2v) is 5.77. The Morgan fingerprint density at radius 2 is 2.22 bits per heavy atom. The first-order valence-electron chi connectivity index (χ1n) is 7.64. The molecule has 0 bridgehead atoms. The van der Waals surface area contributed by atoms with E-state index in [0.717, 1.165) is 31.2 Å². The van der Waals surface area contributed by atoms with Gasteiger partial charge in [0.1, 0.15) is 0 Å². The molecule has 1 aromatic heterocycles. The summed E-state index contributed by atoms with van der Waals surface area (Å²) in [4.78, 5) is 16.4. The predicted molar refractivity (Wildman–Crippen MR) is 89.3 cm³/mol. The fraction of sp³-hybridized carbons (Fsp3) is 0.438. The summed E-state index contributed by atoms with van der Waals surface area (Å²) in [5.74, 6) is 0.851. The first-order valence-corrected chi connectivity index (χ1v) is 7.64. The monoisotopic (exact) mass is 336 g/mol. The summed E-state index contributed by atoms with van der Waals surface area (Å²) in [5.41, 5.74) is 7.06. The molecule has 1 aliphatic rings. The number of amides is 1. The van der Waals surface area contributed by atoms with Gasteiger partial charge in [-0.25, -0.2) is 0 Å². The van der Waals surface area contributed by atoms with E-state index in [0.29, 0.717) is 23.8 Å². The maximum atomic E-state index is 12.0. The van der Waals surface area contributed by atoms with Crippen molar-refractivity contribution in [2.75, 3.05) is 6.54 Å². The normalized spacial score (nSPS) is 15.4. The minimum atomic E-state index is -0.447. The van der Waals surface area contributed by atoms with Gasteiger partial charge in [-0.15, -0.1) is 12.4 Å². The molecule has 1 amide bonds. The van der Waals surface area contributed by atoms with Crippen LogP contribution in [0.25, 0.3) is 11.5 Å². The van der Waals surface area contributed by atoms with Gasteiger partial charge in [0.2, 0.25) is 0 Å². The highest BCUT2D eigenvalue weighted by molar-refractivity contribution is 5.95. The molecule has 0 radical (unpaired) electrons. The highest BCUT2D eigenvalue weighted by Gasteiger charge is 2.39. The van der Waals surface area contributed by atoms with E-state index in [1.54, 1.807) is 12.1 Å². The van der Waals surface area contributed by atoms with E-state index in [2.05, 4.69) is 15.5 Å². The summed E-state index contributed by atoms with van der Waals surface area (Å²) < 4.78 is 5.32. The first kappa shape index (κ1) is 17.4. The van der Waals surface area contributed by atoms with Crippen molar-refractivity contribution >= 4 is 18.3 Å². The van der Waals surface area contributed by atoms with Crippen LogP contribution in [0.1, 0.15) is 48.8 Å². The number of aromatic nitrogens is 2. The Kier molecular flexibility index (Phi) is 5.38. The third-order valence-corrected chi connectivity index (χ3v) is 4.02. The second kappa shape index (κ2) is 7.10. The Morgan fingerprint density at radius 1 is 1.43 bits per heavy atom. The van der Waals surface area contributed by atoms with Crippen LogP contribution in [0.5, 0.6) is 0 Å². The van der Waals surface area contributed by atoms with Crippen molar-refractivity contribution in [3.63, 3.8) is 0 Å². The van der Waals surface area contributed by atoms with Crippen molar-refractivity contribution in [3.8, 4) is 11.5 Å². The number of rotatable bonds is 5. The SMILES string of the molecule is CCCNC(=O)c1cccc(-c2nc(C3(N)CCC3)no2)c1.Cl. The summed E-state index contributed by atoms with van der Waals surface area (Å²) >= 11 is 0. The molecule has 23 heavy (non-hydrogen) atoms. The molecule has 1 aliphatic carbocycles. The lowest BCUT2D eigenvalue weighted by atomic mass is 9.77. The van der Waals surface area contributed by atoms with Gasteiger partial charge in [0.15, 0.2) is 5.82 Å². The molecule has 3 rings (SSSR count). The first-order chi connectivity index (χ1) is 10.6. The molecule has 0 unspecified atom stereocenters. The Bertz CT molecular complexity index is 682. The van der Waals surface area contributed by atoms with Gasteiger partial charge in [0, 0.05) is 17.7 Å². The molecule has 0 aliphatic heterocycles. The second-order valence-electron chi connectivity index (χ2n) is 5.77. The predicted octanol–water partition coefficient (Wildman–Crippen LogP) is 2.64. The smallest absolute Gasteiger partial charge is 0.258 e. The van der Waals surface area contributed by atoms with Crippen LogP contribution in [0, 0.1) is 0 Å². The van der Waals surface area contributed by atoms with Crippen molar-refractivity contribution < 1.29 is 9.32 Å². The molecule has 6 nitrogen and oxygen atoms in total. The summed E-state index contributed by atoms with van der Waals surface area (Å²) in [7, 11) is 0. The standard InChI is InChI=1S/C16H20N4O2.ClH/c1-2-9-18-13(21)11-5-3-6-12(10-11)14-19-15(20-22-14)16(17)7-4-8-16;/h3,5-6,10H,2,4,7-9,17H2,1H3,(H,18,21);1H. The zero-order valence-electron chi connectivity index (χ0n) is 13.0. The largest absolute Gasteiger partial charge is 0.352 e. The van der Waals surface area contributed by atoms with Crippen LogP contribution < -0.4 is 11.1 Å². The Balaban J connectivity index is 0.00000192. The maximum Gasteiger partial charge on any atom is 0.258 e. The highest BCUT2D eigenvalue weighted by atomic mass is 35.5. The van der Waals surface area contributed by atoms with E-state index in [9.17, 15) is 4.79 Å². The number of hydrogen-bond acceptors (Lipinski definition) is 5. The van der Waals surface area contributed by atoms with Crippen molar-refractivity contribution in [1.82, 2.24) is 15.5 Å². The van der Waals surface area contributed by atoms with Gasteiger partial charge in [-0.3, -0.25) is 4.79 Å². The number of carbonyl (C=O) groups excluding carboxylic acids is 1. The Hall–Kier alpha value is -1.92. The van der Waals surface area contributed by atoms with Gasteiger partial charge in [0.25, 0.3) is 11.8 Å². The van der Waals surface area contributed by atoms with Crippen molar-refractivity contribution in [3.05, 3.63) is 35.7 Å². The zero-order chi connectivity index (χ0) is 15.6. The van der Waals surface area contributed by atoms with E-state index in [4.69, 9.17) is 10.3 Å². The molecule has 1 aromatic carbocycles. The van der Waals surface area contributed by atoms with Crippen LogP contribution in [0.4, 0.5) is 0 Å². The van der Waals surface area contributed by atoms with E-state index >= 15 is 0 Å². The molecular formula is C16H21ClN4O2. The molecule has 124 valence electrons. The fourth-order valence-electron chi connectivity index (χ4n) is 2.46. The third-order valence-electron chi connectivity index (χ3n) is 4.02. The number of nitrogens with two attached hydrogens (primary N) is 1. The number of carbonyl (C=O) groups is 1. The van der Waals surface area contributed by atoms with Crippen LogP contribution >= 0.6 is 12.4 Å². The highest BCUT2D eigenvalue weighted by Crippen LogP contribution is 2.37. The van der Waals surface area contributed by atoms with E-state index in [1.807, 2.05) is 19.1 Å². The molecular weight excluding hydrogens is 316 g/mol. The van der Waals surface area contributed by atoms with E-state index in [1.165, 1.54) is 0 Å². The molecule has 0 saturated heterocycles. The lowest BCUT2D eigenvalue weighted by molar-refractivity contribution is 0.0953. The quantitative estimate of drug-likeness (QED) is 0.875. The molecule has 2 aromatic rings. The molecule has 1 heterocycles. The van der Waals surface area contributed by atoms with Gasteiger partial charge < -0.3 is 15.6 Å². The van der Waals surface area contributed by atoms with Gasteiger partial charge in [-0.1, -0.05) is 18.1 Å². The van der Waals surface area contributed by atoms with Crippen LogP contribution in [0.15, 0.2) is 28.8 Å². The van der Waals surface area contributed by atoms with Gasteiger partial charge in [0.05, 0.1) is 5.54 Å². The molecule has 0 spiro atoms. The van der Waals surface area contributed by atoms with Crippen LogP contribution in [-0.4, -0.2) is 22.6 Å². The van der Waals surface area contributed by atoms with Crippen molar-refractivity contribution in [1.29, 1.82) is 0 Å². The molecule has 0 atom stereocenters. The zero-order valence-corrected chi connectivity index (χ0v) is 13.9. The van der Waals surface area contributed by atoms with E-state index in [-0.39, 0.29) is 18.3 Å². The average Bonchev–Trinajstić information content (AvgIpc) is 3.00. The molecule has 1 fully saturated rings. The van der Waals surface area contributed by atoms with Crippen LogP contribution in [-0.2, 0) is 5.54 Å². The Morgan fingerprint density at radius 3 is 2.87 bits per heavy atom. The van der Waals surface area contributed by atoms with E-state index < -0.39 is 5.54 Å². The summed E-state index contributed by atoms with van der Waals surface area (Å²) in [5, 5.41) is 6.85. The number of halogens is 1. The number of benzene rings is 1. The van der Waals surface area contributed by atoms with Gasteiger partial charge in [-0.05, 0) is 43.9 Å².